The van der Waals surface area contributed by atoms with Gasteiger partial charge < -0.3 is 10.0 Å². The van der Waals surface area contributed by atoms with Crippen molar-refractivity contribution in [2.75, 3.05) is 0 Å². The van der Waals surface area contributed by atoms with Gasteiger partial charge in [-0.2, -0.15) is 5.10 Å². The van der Waals surface area contributed by atoms with Crippen LogP contribution >= 0.6 is 27.5 Å². The van der Waals surface area contributed by atoms with E-state index < -0.39 is 6.04 Å². The Kier molecular flexibility index (Phi) is 5.51. The van der Waals surface area contributed by atoms with E-state index in [2.05, 4.69) is 26.1 Å². The average molecular weight is 523 g/mol. The van der Waals surface area contributed by atoms with Crippen LogP contribution in [0.5, 0.6) is 5.75 Å². The van der Waals surface area contributed by atoms with E-state index in [0.29, 0.717) is 28.5 Å². The summed E-state index contributed by atoms with van der Waals surface area (Å²) < 4.78 is 0.915. The summed E-state index contributed by atoms with van der Waals surface area (Å²) in [5, 5.41) is 18.9. The number of aromatic amines is 1. The number of carbonyl (C=O) groups is 1. The Bertz CT molecular complexity index is 1380. The molecule has 0 bridgehead atoms. The van der Waals surface area contributed by atoms with Crippen LogP contribution in [-0.2, 0) is 6.54 Å². The molecule has 1 atom stereocenters. The third-order valence-electron chi connectivity index (χ3n) is 6.02. The molecule has 0 saturated heterocycles. The highest BCUT2D eigenvalue weighted by Crippen LogP contribution is 2.46. The number of carbonyl (C=O) groups excluding carboxylic acids is 1. The molecule has 33 heavy (non-hydrogen) atoms. The number of phenolic OH excluding ortho intramolecular Hbond substituents is 1. The second kappa shape index (κ2) is 8.36. The first-order valence-electron chi connectivity index (χ1n) is 10.5. The minimum Gasteiger partial charge on any atom is -0.507 e. The van der Waals surface area contributed by atoms with E-state index in [0.717, 1.165) is 32.3 Å². The third kappa shape index (κ3) is 3.73. The number of fused-ring (bicyclic) bond motifs is 1. The molecule has 0 radical (unpaired) electrons. The van der Waals surface area contributed by atoms with Crippen molar-refractivity contribution in [3.8, 4) is 17.0 Å². The van der Waals surface area contributed by atoms with Gasteiger partial charge in [-0.1, -0.05) is 63.9 Å². The molecule has 7 heteroatoms. The zero-order valence-corrected chi connectivity index (χ0v) is 20.4. The van der Waals surface area contributed by atoms with Crippen LogP contribution in [0.3, 0.4) is 0 Å². The zero-order chi connectivity index (χ0) is 23.3. The summed E-state index contributed by atoms with van der Waals surface area (Å²) in [6.45, 7) is 4.22. The Balaban J connectivity index is 1.71. The predicted octanol–water partition coefficient (Wildman–Crippen LogP) is 6.56. The van der Waals surface area contributed by atoms with E-state index in [1.54, 1.807) is 11.0 Å². The highest BCUT2D eigenvalue weighted by atomic mass is 79.9. The molecule has 1 aliphatic rings. The molecule has 1 aromatic heterocycles. The summed E-state index contributed by atoms with van der Waals surface area (Å²) in [7, 11) is 0. The van der Waals surface area contributed by atoms with Gasteiger partial charge in [0.2, 0.25) is 0 Å². The molecule has 166 valence electrons. The van der Waals surface area contributed by atoms with E-state index in [9.17, 15) is 9.90 Å². The number of nitrogens with one attached hydrogen (secondary N) is 1. The molecule has 2 heterocycles. The van der Waals surface area contributed by atoms with Crippen molar-refractivity contribution in [2.45, 2.75) is 26.4 Å². The van der Waals surface area contributed by atoms with Gasteiger partial charge >= 0.3 is 0 Å². The molecule has 1 aliphatic heterocycles. The first kappa shape index (κ1) is 21.7. The maximum absolute atomic E-state index is 13.6. The predicted molar refractivity (Wildman–Crippen MR) is 132 cm³/mol. The number of aromatic hydroxyl groups is 1. The van der Waals surface area contributed by atoms with Crippen LogP contribution in [0.4, 0.5) is 0 Å². The summed E-state index contributed by atoms with van der Waals surface area (Å²) >= 11 is 10.00. The van der Waals surface area contributed by atoms with Crippen molar-refractivity contribution in [2.24, 2.45) is 0 Å². The van der Waals surface area contributed by atoms with Crippen molar-refractivity contribution in [3.05, 3.63) is 104 Å². The van der Waals surface area contributed by atoms with E-state index in [1.165, 1.54) is 0 Å². The van der Waals surface area contributed by atoms with Crippen LogP contribution in [0.15, 0.2) is 65.1 Å². The third-order valence-corrected chi connectivity index (χ3v) is 6.88. The number of rotatable bonds is 4. The Morgan fingerprint density at radius 2 is 1.91 bits per heavy atom. The molecular weight excluding hydrogens is 502 g/mol. The number of phenols is 1. The molecule has 3 aromatic carbocycles. The van der Waals surface area contributed by atoms with Crippen LogP contribution in [-0.4, -0.2) is 26.1 Å². The summed E-state index contributed by atoms with van der Waals surface area (Å²) in [5.74, 6) is -0.00954. The van der Waals surface area contributed by atoms with Gasteiger partial charge in [-0.05, 0) is 60.4 Å². The summed E-state index contributed by atoms with van der Waals surface area (Å²) in [6.07, 6.45) is 0. The van der Waals surface area contributed by atoms with Gasteiger partial charge in [0.15, 0.2) is 0 Å². The largest absolute Gasteiger partial charge is 0.507 e. The molecule has 5 rings (SSSR count). The number of nitrogens with zero attached hydrogens (tertiary/aromatic N) is 2. The number of aryl methyl sites for hydroxylation is 2. The second-order valence-electron chi connectivity index (χ2n) is 8.32. The van der Waals surface area contributed by atoms with Crippen molar-refractivity contribution in [3.63, 3.8) is 0 Å². The van der Waals surface area contributed by atoms with Crippen molar-refractivity contribution in [1.29, 1.82) is 0 Å². The molecule has 2 N–H and O–H groups in total. The highest BCUT2D eigenvalue weighted by molar-refractivity contribution is 9.10. The number of aromatic nitrogens is 2. The molecule has 5 nitrogen and oxygen atoms in total. The standard InChI is InChI=1S/C26H21BrClN3O2/c1-14-10-15(2)21(20(32)11-14)23-22-24(30-29-23)26(33)31(13-17-6-3-4-9-19(17)28)25(22)16-7-5-8-18(27)12-16/h3-12,25,32H,13H2,1-2H3,(H,29,30). The van der Waals surface area contributed by atoms with Crippen molar-refractivity contribution in [1.82, 2.24) is 15.1 Å². The van der Waals surface area contributed by atoms with Gasteiger partial charge in [0.05, 0.1) is 6.04 Å². The lowest BCUT2D eigenvalue weighted by atomic mass is 9.93. The normalized spacial score (nSPS) is 15.2. The summed E-state index contributed by atoms with van der Waals surface area (Å²) in [5.41, 5.74) is 6.06. The molecule has 1 unspecified atom stereocenters. The van der Waals surface area contributed by atoms with Gasteiger partial charge in [0, 0.05) is 27.2 Å². The Morgan fingerprint density at radius 1 is 1.12 bits per heavy atom. The second-order valence-corrected chi connectivity index (χ2v) is 9.64. The number of benzene rings is 3. The molecule has 4 aromatic rings. The fourth-order valence-electron chi connectivity index (χ4n) is 4.64. The zero-order valence-electron chi connectivity index (χ0n) is 18.1. The molecule has 1 amide bonds. The van der Waals surface area contributed by atoms with Crippen LogP contribution in [0, 0.1) is 13.8 Å². The number of hydrogen-bond donors (Lipinski definition) is 2. The van der Waals surface area contributed by atoms with Crippen molar-refractivity contribution < 1.29 is 9.90 Å². The number of H-pyrrole nitrogens is 1. The van der Waals surface area contributed by atoms with Gasteiger partial charge in [-0.15, -0.1) is 0 Å². The monoisotopic (exact) mass is 521 g/mol. The molecule has 0 aliphatic carbocycles. The first-order chi connectivity index (χ1) is 15.8. The number of amides is 1. The van der Waals surface area contributed by atoms with Gasteiger partial charge in [-0.3, -0.25) is 9.89 Å². The maximum Gasteiger partial charge on any atom is 0.273 e. The minimum atomic E-state index is -0.393. The topological polar surface area (TPSA) is 69.2 Å². The minimum absolute atomic E-state index is 0.145. The van der Waals surface area contributed by atoms with Crippen molar-refractivity contribution >= 4 is 33.4 Å². The van der Waals surface area contributed by atoms with Crippen LogP contribution in [0.2, 0.25) is 5.02 Å². The quantitative estimate of drug-likeness (QED) is 0.319. The summed E-state index contributed by atoms with van der Waals surface area (Å²) in [6, 6.07) is 18.8. The lowest BCUT2D eigenvalue weighted by Gasteiger charge is -2.27. The maximum atomic E-state index is 13.6. The van der Waals surface area contributed by atoms with Gasteiger partial charge in [-0.25, -0.2) is 0 Å². The Morgan fingerprint density at radius 3 is 2.64 bits per heavy atom. The fraction of sp³-hybridized carbons (Fsp3) is 0.154. The molecule has 0 saturated carbocycles. The van der Waals surface area contributed by atoms with E-state index in [4.69, 9.17) is 11.6 Å². The molecule has 0 spiro atoms. The highest BCUT2D eigenvalue weighted by Gasteiger charge is 2.43. The Hall–Kier alpha value is -3.09. The summed E-state index contributed by atoms with van der Waals surface area (Å²) in [4.78, 5) is 15.4. The average Bonchev–Trinajstić information content (AvgIpc) is 3.28. The Labute approximate surface area is 205 Å². The van der Waals surface area contributed by atoms with Gasteiger partial charge in [0.25, 0.3) is 5.91 Å². The van der Waals surface area contributed by atoms with Gasteiger partial charge in [0.1, 0.15) is 17.1 Å². The SMILES string of the molecule is Cc1cc(C)c(-c2n[nH]c3c2C(c2cccc(Br)c2)N(Cc2ccccc2Cl)C3=O)c(O)c1. The lowest BCUT2D eigenvalue weighted by Crippen LogP contribution is -2.29. The smallest absolute Gasteiger partial charge is 0.273 e. The number of hydrogen-bond acceptors (Lipinski definition) is 3. The van der Waals surface area contributed by atoms with Crippen LogP contribution < -0.4 is 0 Å². The van der Waals surface area contributed by atoms with E-state index in [1.807, 2.05) is 68.4 Å². The van der Waals surface area contributed by atoms with E-state index in [-0.39, 0.29) is 11.7 Å². The van der Waals surface area contributed by atoms with Crippen LogP contribution in [0.1, 0.15) is 44.3 Å². The van der Waals surface area contributed by atoms with E-state index >= 15 is 0 Å². The van der Waals surface area contributed by atoms with Crippen LogP contribution in [0.25, 0.3) is 11.3 Å². The fourth-order valence-corrected chi connectivity index (χ4v) is 5.25. The molecule has 0 fully saturated rings. The lowest BCUT2D eigenvalue weighted by molar-refractivity contribution is 0.0730. The first-order valence-corrected chi connectivity index (χ1v) is 11.7. The number of halogens is 2. The molecular formula is C26H21BrClN3O2.